The summed E-state index contributed by atoms with van der Waals surface area (Å²) in [4.78, 5) is 1.53. The molecule has 1 unspecified atom stereocenters. The molecular weight excluding hydrogens is 270 g/mol. The van der Waals surface area contributed by atoms with Crippen LogP contribution in [-0.2, 0) is 6.42 Å². The van der Waals surface area contributed by atoms with Crippen LogP contribution in [0.1, 0.15) is 29.3 Å². The maximum atomic E-state index is 5.64. The number of anilines is 1. The maximum Gasteiger partial charge on any atom is 0.163 e. The van der Waals surface area contributed by atoms with E-state index in [1.807, 2.05) is 17.4 Å². The lowest BCUT2D eigenvalue weighted by molar-refractivity contribution is 0.171. The first kappa shape index (κ1) is 12.1. The average Bonchev–Trinajstić information content (AvgIpc) is 2.97. The molecule has 0 saturated heterocycles. The Hall–Kier alpha value is -1.68. The number of rotatable bonds is 2. The second-order valence-electron chi connectivity index (χ2n) is 5.25. The van der Waals surface area contributed by atoms with Crippen LogP contribution in [0.5, 0.6) is 11.5 Å². The van der Waals surface area contributed by atoms with Crippen molar-refractivity contribution < 1.29 is 9.47 Å². The van der Waals surface area contributed by atoms with Crippen LogP contribution in [0.15, 0.2) is 29.6 Å². The highest BCUT2D eigenvalue weighted by Gasteiger charge is 2.21. The Morgan fingerprint density at radius 1 is 1.10 bits per heavy atom. The molecule has 4 rings (SSSR count). The Bertz CT molecular complexity index is 623. The van der Waals surface area contributed by atoms with Crippen LogP contribution in [0.25, 0.3) is 0 Å². The molecule has 1 aliphatic heterocycles. The standard InChI is InChI=1S/C16H17NO2S/c1-2-13(12-6-9-20-16(12)3-1)17-11-4-5-14-15(10-11)19-8-7-18-14/h4-6,9-10,13,17H,1-3,7-8H2. The lowest BCUT2D eigenvalue weighted by atomic mass is 9.94. The Labute approximate surface area is 122 Å². The molecule has 4 heteroatoms. The highest BCUT2D eigenvalue weighted by molar-refractivity contribution is 7.10. The Balaban J connectivity index is 1.58. The van der Waals surface area contributed by atoms with E-state index in [1.54, 1.807) is 0 Å². The summed E-state index contributed by atoms with van der Waals surface area (Å²) in [6.07, 6.45) is 3.68. The van der Waals surface area contributed by atoms with Crippen LogP contribution in [-0.4, -0.2) is 13.2 Å². The van der Waals surface area contributed by atoms with Crippen molar-refractivity contribution in [3.63, 3.8) is 0 Å². The van der Waals surface area contributed by atoms with Gasteiger partial charge in [-0.2, -0.15) is 0 Å². The molecule has 2 heterocycles. The van der Waals surface area contributed by atoms with E-state index in [0.29, 0.717) is 19.3 Å². The fourth-order valence-electron chi connectivity index (χ4n) is 2.97. The third-order valence-electron chi connectivity index (χ3n) is 3.94. The number of nitrogens with one attached hydrogen (secondary N) is 1. The number of ether oxygens (including phenoxy) is 2. The molecule has 1 aliphatic carbocycles. The van der Waals surface area contributed by atoms with Gasteiger partial charge in [-0.25, -0.2) is 0 Å². The van der Waals surface area contributed by atoms with E-state index in [2.05, 4.69) is 28.9 Å². The minimum Gasteiger partial charge on any atom is -0.486 e. The Morgan fingerprint density at radius 3 is 2.95 bits per heavy atom. The van der Waals surface area contributed by atoms with Crippen LogP contribution in [0.4, 0.5) is 5.69 Å². The van der Waals surface area contributed by atoms with Gasteiger partial charge in [-0.05, 0) is 48.4 Å². The summed E-state index contributed by atoms with van der Waals surface area (Å²) < 4.78 is 11.2. The van der Waals surface area contributed by atoms with E-state index in [-0.39, 0.29) is 0 Å². The minimum absolute atomic E-state index is 0.424. The third-order valence-corrected chi connectivity index (χ3v) is 4.93. The van der Waals surface area contributed by atoms with Crippen LogP contribution in [0, 0.1) is 0 Å². The highest BCUT2D eigenvalue weighted by atomic mass is 32.1. The summed E-state index contributed by atoms with van der Waals surface area (Å²) >= 11 is 1.88. The van der Waals surface area contributed by atoms with E-state index in [9.17, 15) is 0 Å². The van der Waals surface area contributed by atoms with E-state index in [4.69, 9.17) is 9.47 Å². The predicted octanol–water partition coefficient (Wildman–Crippen LogP) is 4.01. The first-order valence-corrected chi connectivity index (χ1v) is 8.00. The number of hydrogen-bond acceptors (Lipinski definition) is 4. The molecule has 0 amide bonds. The molecular formula is C16H17NO2S. The Kier molecular flexibility index (Phi) is 3.03. The van der Waals surface area contributed by atoms with Gasteiger partial charge in [0.2, 0.25) is 0 Å². The quantitative estimate of drug-likeness (QED) is 0.905. The van der Waals surface area contributed by atoms with Crippen molar-refractivity contribution in [2.45, 2.75) is 25.3 Å². The zero-order chi connectivity index (χ0) is 13.4. The summed E-state index contributed by atoms with van der Waals surface area (Å²) in [5, 5.41) is 5.85. The van der Waals surface area contributed by atoms with Crippen LogP contribution >= 0.6 is 11.3 Å². The zero-order valence-corrected chi connectivity index (χ0v) is 12.0. The number of hydrogen-bond donors (Lipinski definition) is 1. The van der Waals surface area contributed by atoms with Gasteiger partial charge in [0.25, 0.3) is 0 Å². The lowest BCUT2D eigenvalue weighted by Crippen LogP contribution is -2.17. The van der Waals surface area contributed by atoms with Crippen LogP contribution in [0.3, 0.4) is 0 Å². The van der Waals surface area contributed by atoms with Gasteiger partial charge >= 0.3 is 0 Å². The van der Waals surface area contributed by atoms with Gasteiger partial charge in [-0.1, -0.05) is 0 Å². The van der Waals surface area contributed by atoms with E-state index in [0.717, 1.165) is 17.2 Å². The van der Waals surface area contributed by atoms with Crippen molar-refractivity contribution in [3.05, 3.63) is 40.1 Å². The molecule has 1 aromatic carbocycles. The lowest BCUT2D eigenvalue weighted by Gasteiger charge is -2.26. The van der Waals surface area contributed by atoms with Gasteiger partial charge in [0.05, 0.1) is 6.04 Å². The Morgan fingerprint density at radius 2 is 2.00 bits per heavy atom. The summed E-state index contributed by atoms with van der Waals surface area (Å²) in [5.41, 5.74) is 2.58. The maximum absolute atomic E-state index is 5.64. The second-order valence-corrected chi connectivity index (χ2v) is 6.25. The number of fused-ring (bicyclic) bond motifs is 2. The van der Waals surface area contributed by atoms with E-state index in [1.165, 1.54) is 29.7 Å². The van der Waals surface area contributed by atoms with E-state index < -0.39 is 0 Å². The molecule has 1 atom stereocenters. The van der Waals surface area contributed by atoms with Gasteiger partial charge in [-0.15, -0.1) is 11.3 Å². The molecule has 3 nitrogen and oxygen atoms in total. The predicted molar refractivity (Wildman–Crippen MR) is 81.1 cm³/mol. The molecule has 0 bridgehead atoms. The van der Waals surface area contributed by atoms with E-state index >= 15 is 0 Å². The SMILES string of the molecule is c1cc2c(s1)CCCC2Nc1ccc2c(c1)OCCO2. The van der Waals surface area contributed by atoms with Crippen molar-refractivity contribution >= 4 is 17.0 Å². The average molecular weight is 287 g/mol. The van der Waals surface area contributed by atoms with Gasteiger partial charge in [0.15, 0.2) is 11.5 Å². The topological polar surface area (TPSA) is 30.5 Å². The molecule has 1 aromatic heterocycles. The van der Waals surface area contributed by atoms with Gasteiger partial charge in [0.1, 0.15) is 13.2 Å². The van der Waals surface area contributed by atoms with Crippen molar-refractivity contribution in [2.24, 2.45) is 0 Å². The molecule has 0 radical (unpaired) electrons. The first-order valence-electron chi connectivity index (χ1n) is 7.12. The normalized spacial score (nSPS) is 20.3. The first-order chi connectivity index (χ1) is 9.90. The number of benzene rings is 1. The van der Waals surface area contributed by atoms with Gasteiger partial charge in [-0.3, -0.25) is 0 Å². The largest absolute Gasteiger partial charge is 0.486 e. The van der Waals surface area contributed by atoms with Gasteiger partial charge < -0.3 is 14.8 Å². The molecule has 0 saturated carbocycles. The molecule has 0 fully saturated rings. The fraction of sp³-hybridized carbons (Fsp3) is 0.375. The molecule has 2 aromatic rings. The zero-order valence-electron chi connectivity index (χ0n) is 11.2. The summed E-state index contributed by atoms with van der Waals surface area (Å²) in [6, 6.07) is 8.80. The summed E-state index contributed by atoms with van der Waals surface area (Å²) in [6.45, 7) is 1.27. The highest BCUT2D eigenvalue weighted by Crippen LogP contribution is 2.38. The fourth-order valence-corrected chi connectivity index (χ4v) is 3.96. The van der Waals surface area contributed by atoms with Gasteiger partial charge in [0, 0.05) is 16.6 Å². The molecule has 0 spiro atoms. The second kappa shape index (κ2) is 5.02. The molecule has 2 aliphatic rings. The van der Waals surface area contributed by atoms with Crippen molar-refractivity contribution in [3.8, 4) is 11.5 Å². The van der Waals surface area contributed by atoms with Crippen molar-refractivity contribution in [1.29, 1.82) is 0 Å². The van der Waals surface area contributed by atoms with Crippen LogP contribution in [0.2, 0.25) is 0 Å². The van der Waals surface area contributed by atoms with Crippen molar-refractivity contribution in [1.82, 2.24) is 0 Å². The molecule has 104 valence electrons. The molecule has 1 N–H and O–H groups in total. The molecule has 20 heavy (non-hydrogen) atoms. The number of thiophene rings is 1. The monoisotopic (exact) mass is 287 g/mol. The van der Waals surface area contributed by atoms with Crippen molar-refractivity contribution in [2.75, 3.05) is 18.5 Å². The number of aryl methyl sites for hydroxylation is 1. The summed E-state index contributed by atoms with van der Waals surface area (Å²) in [7, 11) is 0. The van der Waals surface area contributed by atoms with Crippen LogP contribution < -0.4 is 14.8 Å². The minimum atomic E-state index is 0.424. The smallest absolute Gasteiger partial charge is 0.163 e. The third kappa shape index (κ3) is 2.14. The summed E-state index contributed by atoms with van der Waals surface area (Å²) in [5.74, 6) is 1.70.